The van der Waals surface area contributed by atoms with Crippen LogP contribution in [0.1, 0.15) is 13.8 Å². The lowest BCUT2D eigenvalue weighted by Gasteiger charge is -2.18. The van der Waals surface area contributed by atoms with E-state index in [2.05, 4.69) is 13.2 Å². The second kappa shape index (κ2) is 7.29. The Morgan fingerprint density at radius 1 is 1.36 bits per heavy atom. The van der Waals surface area contributed by atoms with E-state index in [1.54, 1.807) is 19.9 Å². The van der Waals surface area contributed by atoms with Crippen molar-refractivity contribution < 1.29 is 19.3 Å². The van der Waals surface area contributed by atoms with Crippen molar-refractivity contribution in [2.75, 3.05) is 6.61 Å². The van der Waals surface area contributed by atoms with Gasteiger partial charge in [-0.25, -0.2) is 14.6 Å². The van der Waals surface area contributed by atoms with E-state index >= 15 is 0 Å². The number of rotatable bonds is 7. The molecule has 0 radical (unpaired) electrons. The van der Waals surface area contributed by atoms with Crippen LogP contribution >= 0.6 is 0 Å². The van der Waals surface area contributed by atoms with Gasteiger partial charge in [0.1, 0.15) is 18.8 Å². The molecule has 0 N–H and O–H groups in total. The van der Waals surface area contributed by atoms with E-state index in [9.17, 15) is 4.79 Å². The molecule has 4 heteroatoms. The summed E-state index contributed by atoms with van der Waals surface area (Å²) in [6.07, 6.45) is 1.95. The van der Waals surface area contributed by atoms with Gasteiger partial charge in [-0.05, 0) is 13.8 Å². The highest BCUT2D eigenvalue weighted by Crippen LogP contribution is 2.04. The summed E-state index contributed by atoms with van der Waals surface area (Å²) in [6, 6.07) is 0. The number of ether oxygens (including phenoxy) is 1. The Labute approximate surface area is 84.1 Å². The summed E-state index contributed by atoms with van der Waals surface area (Å²) in [7, 11) is 0. The molecule has 2 unspecified atom stereocenters. The van der Waals surface area contributed by atoms with Crippen LogP contribution < -0.4 is 0 Å². The Kier molecular flexibility index (Phi) is 6.70. The molecule has 14 heavy (non-hydrogen) atoms. The molecular weight excluding hydrogens is 184 g/mol. The normalized spacial score (nSPS) is 14.1. The number of hydrogen-bond acceptors (Lipinski definition) is 4. The summed E-state index contributed by atoms with van der Waals surface area (Å²) >= 11 is 0. The predicted octanol–water partition coefficient (Wildman–Crippen LogP) is 1.63. The zero-order valence-electron chi connectivity index (χ0n) is 8.56. The molecule has 2 atom stereocenters. The van der Waals surface area contributed by atoms with Crippen molar-refractivity contribution in [1.82, 2.24) is 0 Å². The minimum Gasteiger partial charge on any atom is -0.457 e. The van der Waals surface area contributed by atoms with Crippen LogP contribution in [0.3, 0.4) is 0 Å². The van der Waals surface area contributed by atoms with E-state index < -0.39 is 5.97 Å². The summed E-state index contributed by atoms with van der Waals surface area (Å²) in [5, 5.41) is 0. The van der Waals surface area contributed by atoms with E-state index in [0.717, 1.165) is 6.08 Å². The summed E-state index contributed by atoms with van der Waals surface area (Å²) in [6.45, 7) is 10.5. The van der Waals surface area contributed by atoms with Crippen molar-refractivity contribution in [3.63, 3.8) is 0 Å². The van der Waals surface area contributed by atoms with Crippen LogP contribution in [-0.2, 0) is 19.3 Å². The molecule has 0 heterocycles. The lowest BCUT2D eigenvalue weighted by molar-refractivity contribution is -0.326. The number of hydrogen-bond donors (Lipinski definition) is 0. The van der Waals surface area contributed by atoms with Crippen molar-refractivity contribution in [2.45, 2.75) is 26.1 Å². The third-order valence-electron chi connectivity index (χ3n) is 1.54. The molecule has 0 aromatic heterocycles. The molecule has 0 aromatic rings. The molecule has 0 bridgehead atoms. The SMILES string of the molecule is C=CCOOC(C)C(C)OC(=O)C=C. The smallest absolute Gasteiger partial charge is 0.330 e. The molecular formula is C10H16O4. The Morgan fingerprint density at radius 2 is 2.00 bits per heavy atom. The molecule has 0 saturated carbocycles. The standard InChI is InChI=1S/C10H16O4/c1-5-7-12-14-9(4)8(3)13-10(11)6-2/h5-6,8-9H,1-2,7H2,3-4H3. The second-order valence-corrected chi connectivity index (χ2v) is 2.72. The highest BCUT2D eigenvalue weighted by Gasteiger charge is 2.16. The van der Waals surface area contributed by atoms with E-state index in [1.807, 2.05) is 0 Å². The van der Waals surface area contributed by atoms with Gasteiger partial charge in [0.25, 0.3) is 0 Å². The first-order valence-corrected chi connectivity index (χ1v) is 4.34. The average Bonchev–Trinajstić information content (AvgIpc) is 2.17. The van der Waals surface area contributed by atoms with Crippen LogP contribution in [0.15, 0.2) is 25.3 Å². The topological polar surface area (TPSA) is 44.8 Å². The molecule has 0 aliphatic carbocycles. The van der Waals surface area contributed by atoms with Gasteiger partial charge in [0.15, 0.2) is 0 Å². The third kappa shape index (κ3) is 5.50. The molecule has 0 amide bonds. The zero-order valence-corrected chi connectivity index (χ0v) is 8.56. The summed E-state index contributed by atoms with van der Waals surface area (Å²) < 4.78 is 4.90. The maximum atomic E-state index is 10.8. The number of esters is 1. The van der Waals surface area contributed by atoms with E-state index in [1.165, 1.54) is 0 Å². The van der Waals surface area contributed by atoms with Crippen molar-refractivity contribution in [1.29, 1.82) is 0 Å². The highest BCUT2D eigenvalue weighted by molar-refractivity contribution is 5.81. The fourth-order valence-electron chi connectivity index (χ4n) is 0.600. The molecule has 4 nitrogen and oxygen atoms in total. The van der Waals surface area contributed by atoms with Gasteiger partial charge in [0.2, 0.25) is 0 Å². The lowest BCUT2D eigenvalue weighted by Crippen LogP contribution is -2.28. The van der Waals surface area contributed by atoms with Crippen molar-refractivity contribution in [3.05, 3.63) is 25.3 Å². The number of carbonyl (C=O) groups is 1. The van der Waals surface area contributed by atoms with Crippen LogP contribution in [0.5, 0.6) is 0 Å². The molecule has 0 aliphatic rings. The third-order valence-corrected chi connectivity index (χ3v) is 1.54. The van der Waals surface area contributed by atoms with Gasteiger partial charge < -0.3 is 4.74 Å². The molecule has 0 spiro atoms. The fraction of sp³-hybridized carbons (Fsp3) is 0.500. The molecule has 0 fully saturated rings. The average molecular weight is 200 g/mol. The largest absolute Gasteiger partial charge is 0.457 e. The van der Waals surface area contributed by atoms with E-state index in [0.29, 0.717) is 6.61 Å². The van der Waals surface area contributed by atoms with Crippen LogP contribution in [0.25, 0.3) is 0 Å². The minimum atomic E-state index is -0.475. The summed E-state index contributed by atoms with van der Waals surface area (Å²) in [5.41, 5.74) is 0. The van der Waals surface area contributed by atoms with Gasteiger partial charge in [-0.1, -0.05) is 12.7 Å². The Bertz CT molecular complexity index is 200. The minimum absolute atomic E-state index is 0.298. The second-order valence-electron chi connectivity index (χ2n) is 2.72. The van der Waals surface area contributed by atoms with E-state index in [4.69, 9.17) is 14.5 Å². The first-order valence-electron chi connectivity index (χ1n) is 4.34. The van der Waals surface area contributed by atoms with Gasteiger partial charge in [-0.3, -0.25) is 0 Å². The lowest BCUT2D eigenvalue weighted by atomic mass is 10.2. The van der Waals surface area contributed by atoms with Gasteiger partial charge in [-0.15, -0.1) is 6.58 Å². The molecule has 0 saturated heterocycles. The summed E-state index contributed by atoms with van der Waals surface area (Å²) in [4.78, 5) is 20.5. The first-order chi connectivity index (χ1) is 6.61. The summed E-state index contributed by atoms with van der Waals surface area (Å²) in [5.74, 6) is -0.475. The monoisotopic (exact) mass is 200 g/mol. The Hall–Kier alpha value is -1.13. The molecule has 80 valence electrons. The highest BCUT2D eigenvalue weighted by atomic mass is 17.2. The maximum Gasteiger partial charge on any atom is 0.330 e. The Balaban J connectivity index is 3.74. The fourth-order valence-corrected chi connectivity index (χ4v) is 0.600. The quantitative estimate of drug-likeness (QED) is 0.156. The molecule has 0 aliphatic heterocycles. The zero-order chi connectivity index (χ0) is 11.0. The number of carbonyl (C=O) groups excluding carboxylic acids is 1. The van der Waals surface area contributed by atoms with Crippen LogP contribution in [0.4, 0.5) is 0 Å². The first kappa shape index (κ1) is 12.9. The van der Waals surface area contributed by atoms with Gasteiger partial charge in [0.05, 0.1) is 0 Å². The van der Waals surface area contributed by atoms with Crippen molar-refractivity contribution >= 4 is 5.97 Å². The van der Waals surface area contributed by atoms with Gasteiger partial charge in [0, 0.05) is 6.08 Å². The Morgan fingerprint density at radius 3 is 2.50 bits per heavy atom. The molecule has 0 rings (SSSR count). The molecule has 0 aromatic carbocycles. The van der Waals surface area contributed by atoms with Gasteiger partial charge in [-0.2, -0.15) is 0 Å². The van der Waals surface area contributed by atoms with Crippen LogP contribution in [0.2, 0.25) is 0 Å². The van der Waals surface area contributed by atoms with Crippen molar-refractivity contribution in [3.8, 4) is 0 Å². The van der Waals surface area contributed by atoms with Crippen molar-refractivity contribution in [2.24, 2.45) is 0 Å². The van der Waals surface area contributed by atoms with Crippen LogP contribution in [-0.4, -0.2) is 24.8 Å². The predicted molar refractivity (Wildman–Crippen MR) is 52.4 cm³/mol. The van der Waals surface area contributed by atoms with Crippen LogP contribution in [0, 0.1) is 0 Å². The van der Waals surface area contributed by atoms with E-state index in [-0.39, 0.29) is 12.2 Å². The maximum absolute atomic E-state index is 10.8. The van der Waals surface area contributed by atoms with Gasteiger partial charge >= 0.3 is 5.97 Å².